The molecule has 1 atom stereocenters. The number of urea groups is 1. The van der Waals surface area contributed by atoms with Crippen LogP contribution in [0.4, 0.5) is 4.79 Å². The van der Waals surface area contributed by atoms with Crippen LogP contribution < -0.4 is 5.32 Å². The number of rotatable bonds is 4. The topological polar surface area (TPSA) is 82.5 Å². The Hall–Kier alpha value is -2.11. The molecule has 6 heteroatoms. The number of aromatic nitrogens is 1. The lowest BCUT2D eigenvalue weighted by molar-refractivity contribution is -0.141. The zero-order chi connectivity index (χ0) is 14.5. The quantitative estimate of drug-likeness (QED) is 0.861. The number of aryl methyl sites for hydroxylation is 1. The molecule has 0 aromatic carbocycles. The molecule has 6 nitrogen and oxygen atoms in total. The van der Waals surface area contributed by atoms with Gasteiger partial charge in [0, 0.05) is 37.9 Å². The van der Waals surface area contributed by atoms with Crippen LogP contribution in [0, 0.1) is 12.8 Å². The highest BCUT2D eigenvalue weighted by Crippen LogP contribution is 2.15. The SMILES string of the molecule is Cc1ccc(CCNC(=O)N2CCC(C(=O)O)C2)nc1. The summed E-state index contributed by atoms with van der Waals surface area (Å²) >= 11 is 0. The van der Waals surface area contributed by atoms with Crippen molar-refractivity contribution >= 4 is 12.0 Å². The van der Waals surface area contributed by atoms with E-state index < -0.39 is 11.9 Å². The number of carbonyl (C=O) groups excluding carboxylic acids is 1. The maximum atomic E-state index is 11.9. The molecule has 108 valence electrons. The second-order valence-corrected chi connectivity index (χ2v) is 5.08. The summed E-state index contributed by atoms with van der Waals surface area (Å²) in [6.07, 6.45) is 3.00. The third kappa shape index (κ3) is 3.69. The largest absolute Gasteiger partial charge is 0.481 e. The molecule has 1 aromatic heterocycles. The van der Waals surface area contributed by atoms with Gasteiger partial charge in [-0.2, -0.15) is 0 Å². The Morgan fingerprint density at radius 3 is 2.90 bits per heavy atom. The molecule has 0 spiro atoms. The second kappa shape index (κ2) is 6.36. The Kier molecular flexibility index (Phi) is 4.55. The van der Waals surface area contributed by atoms with Crippen LogP contribution >= 0.6 is 0 Å². The smallest absolute Gasteiger partial charge is 0.317 e. The fourth-order valence-corrected chi connectivity index (χ4v) is 2.20. The number of pyridine rings is 1. The number of nitrogens with one attached hydrogen (secondary N) is 1. The first-order valence-corrected chi connectivity index (χ1v) is 6.73. The Morgan fingerprint density at radius 1 is 1.50 bits per heavy atom. The number of hydrogen-bond acceptors (Lipinski definition) is 3. The van der Waals surface area contributed by atoms with Crippen molar-refractivity contribution in [2.45, 2.75) is 19.8 Å². The highest BCUT2D eigenvalue weighted by atomic mass is 16.4. The van der Waals surface area contributed by atoms with Crippen LogP contribution in [0.25, 0.3) is 0 Å². The summed E-state index contributed by atoms with van der Waals surface area (Å²) < 4.78 is 0. The zero-order valence-corrected chi connectivity index (χ0v) is 11.5. The molecule has 0 radical (unpaired) electrons. The highest BCUT2D eigenvalue weighted by Gasteiger charge is 2.30. The van der Waals surface area contributed by atoms with Crippen molar-refractivity contribution in [3.8, 4) is 0 Å². The average molecular weight is 277 g/mol. The van der Waals surface area contributed by atoms with Crippen LogP contribution in [-0.2, 0) is 11.2 Å². The summed E-state index contributed by atoms with van der Waals surface area (Å²) in [6, 6.07) is 3.74. The predicted molar refractivity (Wildman–Crippen MR) is 73.4 cm³/mol. The van der Waals surface area contributed by atoms with E-state index in [4.69, 9.17) is 5.11 Å². The summed E-state index contributed by atoms with van der Waals surface area (Å²) in [4.78, 5) is 28.5. The Morgan fingerprint density at radius 2 is 2.30 bits per heavy atom. The second-order valence-electron chi connectivity index (χ2n) is 5.08. The Bertz CT molecular complexity index is 487. The van der Waals surface area contributed by atoms with E-state index in [9.17, 15) is 9.59 Å². The first-order valence-electron chi connectivity index (χ1n) is 6.73. The van der Waals surface area contributed by atoms with Crippen molar-refractivity contribution in [3.63, 3.8) is 0 Å². The van der Waals surface area contributed by atoms with E-state index in [1.54, 1.807) is 11.1 Å². The van der Waals surface area contributed by atoms with Gasteiger partial charge in [0.1, 0.15) is 0 Å². The third-order valence-corrected chi connectivity index (χ3v) is 3.45. The maximum Gasteiger partial charge on any atom is 0.317 e. The fraction of sp³-hybridized carbons (Fsp3) is 0.500. The molecule has 2 heterocycles. The van der Waals surface area contributed by atoms with E-state index in [0.717, 1.165) is 11.3 Å². The van der Waals surface area contributed by atoms with Gasteiger partial charge in [0.05, 0.1) is 5.92 Å². The molecular weight excluding hydrogens is 258 g/mol. The van der Waals surface area contributed by atoms with Crippen LogP contribution in [0.1, 0.15) is 17.7 Å². The van der Waals surface area contributed by atoms with Crippen molar-refractivity contribution in [1.29, 1.82) is 0 Å². The molecule has 2 rings (SSSR count). The van der Waals surface area contributed by atoms with Crippen molar-refractivity contribution < 1.29 is 14.7 Å². The van der Waals surface area contributed by atoms with Gasteiger partial charge in [-0.15, -0.1) is 0 Å². The van der Waals surface area contributed by atoms with Crippen LogP contribution in [0.3, 0.4) is 0 Å². The molecule has 2 amide bonds. The summed E-state index contributed by atoms with van der Waals surface area (Å²) in [5, 5.41) is 11.7. The fourth-order valence-electron chi connectivity index (χ4n) is 2.20. The molecule has 0 saturated carbocycles. The van der Waals surface area contributed by atoms with Gasteiger partial charge >= 0.3 is 12.0 Å². The number of carbonyl (C=O) groups is 2. The maximum absolute atomic E-state index is 11.9. The van der Waals surface area contributed by atoms with E-state index in [1.807, 2.05) is 19.1 Å². The van der Waals surface area contributed by atoms with Gasteiger partial charge in [-0.1, -0.05) is 6.07 Å². The van der Waals surface area contributed by atoms with Crippen LogP contribution in [0.5, 0.6) is 0 Å². The average Bonchev–Trinajstić information content (AvgIpc) is 2.91. The van der Waals surface area contributed by atoms with E-state index in [1.165, 1.54) is 0 Å². The molecule has 1 aliphatic rings. The standard InChI is InChI=1S/C14H19N3O3/c1-10-2-3-12(16-8-10)4-6-15-14(20)17-7-5-11(9-17)13(18)19/h2-3,8,11H,4-7,9H2,1H3,(H,15,20)(H,18,19). The molecular formula is C14H19N3O3. The van der Waals surface area contributed by atoms with Crippen molar-refractivity contribution in [1.82, 2.24) is 15.2 Å². The minimum absolute atomic E-state index is 0.194. The minimum atomic E-state index is -0.829. The summed E-state index contributed by atoms with van der Waals surface area (Å²) in [7, 11) is 0. The molecule has 0 bridgehead atoms. The van der Waals surface area contributed by atoms with Crippen molar-refractivity contribution in [2.24, 2.45) is 5.92 Å². The van der Waals surface area contributed by atoms with Gasteiger partial charge < -0.3 is 15.3 Å². The zero-order valence-electron chi connectivity index (χ0n) is 11.5. The first kappa shape index (κ1) is 14.3. The van der Waals surface area contributed by atoms with E-state index in [2.05, 4.69) is 10.3 Å². The number of carboxylic acid groups (broad SMARTS) is 1. The molecule has 1 fully saturated rings. The van der Waals surface area contributed by atoms with Gasteiger partial charge in [0.25, 0.3) is 0 Å². The van der Waals surface area contributed by atoms with Gasteiger partial charge in [0.2, 0.25) is 0 Å². The number of amides is 2. The number of carboxylic acids is 1. The lowest BCUT2D eigenvalue weighted by atomic mass is 10.1. The van der Waals surface area contributed by atoms with E-state index >= 15 is 0 Å². The summed E-state index contributed by atoms with van der Waals surface area (Å²) in [5.41, 5.74) is 2.04. The van der Waals surface area contributed by atoms with Crippen molar-refractivity contribution in [2.75, 3.05) is 19.6 Å². The molecule has 1 aromatic rings. The highest BCUT2D eigenvalue weighted by molar-refractivity contribution is 5.77. The normalized spacial score (nSPS) is 18.1. The molecule has 1 aliphatic heterocycles. The first-order chi connectivity index (χ1) is 9.56. The van der Waals surface area contributed by atoms with Gasteiger partial charge in [0.15, 0.2) is 0 Å². The third-order valence-electron chi connectivity index (χ3n) is 3.45. The Balaban J connectivity index is 1.73. The molecule has 1 saturated heterocycles. The Labute approximate surface area is 117 Å². The number of nitrogens with zero attached hydrogens (tertiary/aromatic N) is 2. The number of aliphatic carboxylic acids is 1. The monoisotopic (exact) mass is 277 g/mol. The van der Waals surface area contributed by atoms with Crippen LogP contribution in [0.15, 0.2) is 18.3 Å². The lowest BCUT2D eigenvalue weighted by Gasteiger charge is -2.16. The van der Waals surface area contributed by atoms with Crippen LogP contribution in [-0.4, -0.2) is 46.6 Å². The minimum Gasteiger partial charge on any atom is -0.481 e. The number of likely N-dealkylation sites (tertiary alicyclic amines) is 1. The summed E-state index contributed by atoms with van der Waals surface area (Å²) in [5.74, 6) is -1.26. The summed E-state index contributed by atoms with van der Waals surface area (Å²) in [6.45, 7) is 3.28. The molecule has 2 N–H and O–H groups in total. The van der Waals surface area contributed by atoms with E-state index in [0.29, 0.717) is 32.5 Å². The van der Waals surface area contributed by atoms with E-state index in [-0.39, 0.29) is 6.03 Å². The van der Waals surface area contributed by atoms with Crippen molar-refractivity contribution in [3.05, 3.63) is 29.6 Å². The molecule has 1 unspecified atom stereocenters. The predicted octanol–water partition coefficient (Wildman–Crippen LogP) is 1.05. The van der Waals surface area contributed by atoms with Gasteiger partial charge in [-0.25, -0.2) is 4.79 Å². The van der Waals surface area contributed by atoms with Gasteiger partial charge in [-0.3, -0.25) is 9.78 Å². The van der Waals surface area contributed by atoms with Crippen LogP contribution in [0.2, 0.25) is 0 Å². The van der Waals surface area contributed by atoms with Gasteiger partial charge in [-0.05, 0) is 25.0 Å². The molecule has 0 aliphatic carbocycles. The lowest BCUT2D eigenvalue weighted by Crippen LogP contribution is -2.39. The molecule has 20 heavy (non-hydrogen) atoms. The number of hydrogen-bond donors (Lipinski definition) is 2.